The summed E-state index contributed by atoms with van der Waals surface area (Å²) in [6.45, 7) is 2.63. The molecular formula is C17H19BrN2O4. The average molecular weight is 395 g/mol. The van der Waals surface area contributed by atoms with Crippen LogP contribution in [0.4, 0.5) is 5.69 Å². The topological polar surface area (TPSA) is 77.9 Å². The Morgan fingerprint density at radius 2 is 1.92 bits per heavy atom. The second-order valence-electron chi connectivity index (χ2n) is 6.29. The van der Waals surface area contributed by atoms with Gasteiger partial charge in [-0.3, -0.25) is 14.4 Å². The molecule has 0 radical (unpaired) electrons. The van der Waals surface area contributed by atoms with Crippen molar-refractivity contribution >= 4 is 39.4 Å². The molecule has 3 atom stereocenters. The molecular weight excluding hydrogens is 376 g/mol. The third-order valence-corrected chi connectivity index (χ3v) is 5.67. The van der Waals surface area contributed by atoms with E-state index in [1.165, 1.54) is 0 Å². The van der Waals surface area contributed by atoms with Crippen LogP contribution in [-0.4, -0.2) is 46.9 Å². The summed E-state index contributed by atoms with van der Waals surface area (Å²) in [7, 11) is 0. The van der Waals surface area contributed by atoms with E-state index < -0.39 is 17.8 Å². The Kier molecular flexibility index (Phi) is 4.62. The lowest BCUT2D eigenvalue weighted by Gasteiger charge is -2.26. The summed E-state index contributed by atoms with van der Waals surface area (Å²) in [6.07, 6.45) is 0.900. The number of carboxylic acid groups (broad SMARTS) is 1. The number of amides is 2. The van der Waals surface area contributed by atoms with E-state index in [0.717, 1.165) is 10.2 Å². The fourth-order valence-electron chi connectivity index (χ4n) is 3.60. The van der Waals surface area contributed by atoms with Crippen molar-refractivity contribution in [2.45, 2.75) is 25.8 Å². The number of nitrogens with zero attached hydrogens (tertiary/aromatic N) is 2. The van der Waals surface area contributed by atoms with Crippen molar-refractivity contribution in [1.29, 1.82) is 0 Å². The van der Waals surface area contributed by atoms with E-state index in [2.05, 4.69) is 15.9 Å². The number of rotatable bonds is 3. The van der Waals surface area contributed by atoms with E-state index in [9.17, 15) is 19.5 Å². The number of carbonyl (C=O) groups excluding carboxylic acids is 2. The van der Waals surface area contributed by atoms with Gasteiger partial charge in [-0.2, -0.15) is 0 Å². The van der Waals surface area contributed by atoms with Crippen molar-refractivity contribution in [2.75, 3.05) is 18.0 Å². The first-order valence-corrected chi connectivity index (χ1v) is 8.80. The Morgan fingerprint density at radius 3 is 2.54 bits per heavy atom. The van der Waals surface area contributed by atoms with Gasteiger partial charge in [0.05, 0.1) is 11.6 Å². The Bertz CT molecular complexity index is 693. The summed E-state index contributed by atoms with van der Waals surface area (Å²) in [6, 6.07) is 7.04. The molecule has 1 aromatic rings. The van der Waals surface area contributed by atoms with E-state index in [-0.39, 0.29) is 17.9 Å². The smallest absolute Gasteiger partial charge is 0.308 e. The van der Waals surface area contributed by atoms with E-state index in [0.29, 0.717) is 25.9 Å². The Hall–Kier alpha value is -1.89. The maximum absolute atomic E-state index is 12.8. The maximum atomic E-state index is 12.8. The molecule has 2 heterocycles. The fourth-order valence-corrected chi connectivity index (χ4v) is 4.10. The van der Waals surface area contributed by atoms with Gasteiger partial charge in [0.15, 0.2) is 0 Å². The van der Waals surface area contributed by atoms with E-state index in [1.807, 2.05) is 24.3 Å². The zero-order valence-corrected chi connectivity index (χ0v) is 14.9. The van der Waals surface area contributed by atoms with Gasteiger partial charge in [0.2, 0.25) is 11.8 Å². The van der Waals surface area contributed by atoms with Crippen molar-refractivity contribution in [3.05, 3.63) is 28.7 Å². The monoisotopic (exact) mass is 394 g/mol. The lowest BCUT2D eigenvalue weighted by Crippen LogP contribution is -2.43. The van der Waals surface area contributed by atoms with Gasteiger partial charge < -0.3 is 14.9 Å². The van der Waals surface area contributed by atoms with Gasteiger partial charge in [-0.25, -0.2) is 0 Å². The van der Waals surface area contributed by atoms with E-state index in [1.54, 1.807) is 16.7 Å². The molecule has 24 heavy (non-hydrogen) atoms. The molecule has 0 spiro atoms. The van der Waals surface area contributed by atoms with Crippen LogP contribution in [0.2, 0.25) is 0 Å². The number of anilines is 1. The number of hydrogen-bond acceptors (Lipinski definition) is 3. The third-order valence-electron chi connectivity index (χ3n) is 5.00. The minimum atomic E-state index is -0.884. The zero-order valence-electron chi connectivity index (χ0n) is 13.3. The van der Waals surface area contributed by atoms with Crippen molar-refractivity contribution in [1.82, 2.24) is 4.90 Å². The average Bonchev–Trinajstić information content (AvgIpc) is 3.10. The second-order valence-corrected chi connectivity index (χ2v) is 7.14. The van der Waals surface area contributed by atoms with Crippen LogP contribution >= 0.6 is 15.9 Å². The van der Waals surface area contributed by atoms with Gasteiger partial charge in [0.1, 0.15) is 5.92 Å². The number of carboxylic acids is 1. The van der Waals surface area contributed by atoms with Crippen LogP contribution in [-0.2, 0) is 14.4 Å². The van der Waals surface area contributed by atoms with E-state index in [4.69, 9.17) is 0 Å². The number of halogens is 1. The standard InChI is InChI=1S/C17H19BrN2O4/c1-10-11(17(23)24)6-8-19(10)15(21)12-7-9-20(16(12)22)14-5-3-2-4-13(14)18/h2-5,10-12H,6-9H2,1H3,(H,23,24). The molecule has 2 fully saturated rings. The summed E-state index contributed by atoms with van der Waals surface area (Å²) in [5.74, 6) is -2.61. The first-order chi connectivity index (χ1) is 11.4. The zero-order chi connectivity index (χ0) is 17.4. The van der Waals surface area contributed by atoms with Gasteiger partial charge in [0.25, 0.3) is 0 Å². The molecule has 128 valence electrons. The molecule has 2 aliphatic rings. The summed E-state index contributed by atoms with van der Waals surface area (Å²) in [5, 5.41) is 9.20. The maximum Gasteiger partial charge on any atom is 0.308 e. The number of benzene rings is 1. The SMILES string of the molecule is CC1C(C(=O)O)CCN1C(=O)C1CCN(c2ccccc2Br)C1=O. The van der Waals surface area contributed by atoms with Gasteiger partial charge in [-0.1, -0.05) is 12.1 Å². The Morgan fingerprint density at radius 1 is 1.21 bits per heavy atom. The summed E-state index contributed by atoms with van der Waals surface area (Å²) in [4.78, 5) is 39.9. The highest BCUT2D eigenvalue weighted by Crippen LogP contribution is 2.34. The lowest BCUT2D eigenvalue weighted by molar-refractivity contribution is -0.144. The van der Waals surface area contributed by atoms with Crippen LogP contribution in [0.15, 0.2) is 28.7 Å². The highest BCUT2D eigenvalue weighted by Gasteiger charge is 2.45. The number of carbonyl (C=O) groups is 3. The van der Waals surface area contributed by atoms with Crippen LogP contribution in [0, 0.1) is 11.8 Å². The summed E-state index contributed by atoms with van der Waals surface area (Å²) >= 11 is 3.44. The van der Waals surface area contributed by atoms with Crippen molar-refractivity contribution in [3.63, 3.8) is 0 Å². The molecule has 2 saturated heterocycles. The molecule has 1 N–H and O–H groups in total. The molecule has 0 saturated carbocycles. The van der Waals surface area contributed by atoms with Gasteiger partial charge >= 0.3 is 5.97 Å². The predicted octanol–water partition coefficient (Wildman–Crippen LogP) is 2.12. The van der Waals surface area contributed by atoms with Crippen LogP contribution in [0.1, 0.15) is 19.8 Å². The predicted molar refractivity (Wildman–Crippen MR) is 91.5 cm³/mol. The fraction of sp³-hybridized carbons (Fsp3) is 0.471. The van der Waals surface area contributed by atoms with E-state index >= 15 is 0 Å². The molecule has 0 bridgehead atoms. The van der Waals surface area contributed by atoms with Gasteiger partial charge in [-0.05, 0) is 47.8 Å². The molecule has 7 heteroatoms. The first kappa shape index (κ1) is 17.0. The minimum absolute atomic E-state index is 0.210. The molecule has 2 amide bonds. The van der Waals surface area contributed by atoms with Crippen LogP contribution in [0.3, 0.4) is 0 Å². The van der Waals surface area contributed by atoms with Crippen molar-refractivity contribution in [3.8, 4) is 0 Å². The summed E-state index contributed by atoms with van der Waals surface area (Å²) in [5.41, 5.74) is 0.760. The van der Waals surface area contributed by atoms with Gasteiger partial charge in [0, 0.05) is 23.6 Å². The molecule has 6 nitrogen and oxygen atoms in total. The summed E-state index contributed by atoms with van der Waals surface area (Å²) < 4.78 is 0.812. The third kappa shape index (κ3) is 2.81. The second kappa shape index (κ2) is 6.55. The number of para-hydroxylation sites is 1. The van der Waals surface area contributed by atoms with Crippen LogP contribution in [0.5, 0.6) is 0 Å². The Labute approximate surface area is 148 Å². The molecule has 3 unspecified atom stereocenters. The molecule has 2 aliphatic heterocycles. The first-order valence-electron chi connectivity index (χ1n) is 8.01. The largest absolute Gasteiger partial charge is 0.481 e. The normalized spacial score (nSPS) is 26.9. The van der Waals surface area contributed by atoms with Crippen LogP contribution in [0.25, 0.3) is 0 Å². The van der Waals surface area contributed by atoms with Crippen LogP contribution < -0.4 is 4.90 Å². The number of hydrogen-bond donors (Lipinski definition) is 1. The van der Waals surface area contributed by atoms with Gasteiger partial charge in [-0.15, -0.1) is 0 Å². The number of likely N-dealkylation sites (tertiary alicyclic amines) is 1. The quantitative estimate of drug-likeness (QED) is 0.796. The lowest BCUT2D eigenvalue weighted by atomic mass is 10.0. The molecule has 0 aromatic heterocycles. The number of aliphatic carboxylic acids is 1. The molecule has 3 rings (SSSR count). The molecule has 1 aromatic carbocycles. The highest BCUT2D eigenvalue weighted by atomic mass is 79.9. The highest BCUT2D eigenvalue weighted by molar-refractivity contribution is 9.10. The Balaban J connectivity index is 1.75. The van der Waals surface area contributed by atoms with Crippen molar-refractivity contribution in [2.24, 2.45) is 11.8 Å². The minimum Gasteiger partial charge on any atom is -0.481 e. The van der Waals surface area contributed by atoms with Crippen molar-refractivity contribution < 1.29 is 19.5 Å². The molecule has 0 aliphatic carbocycles.